The Balaban J connectivity index is 0. The van der Waals surface area contributed by atoms with E-state index in [0.29, 0.717) is 11.6 Å². The first kappa shape index (κ1) is 44.6. The lowest BCUT2D eigenvalue weighted by Crippen LogP contribution is -2.33. The summed E-state index contributed by atoms with van der Waals surface area (Å²) in [5.74, 6) is -0.0476. The summed E-state index contributed by atoms with van der Waals surface area (Å²) in [6, 6.07) is 13.4. The third-order valence-corrected chi connectivity index (χ3v) is 6.61. The van der Waals surface area contributed by atoms with Crippen LogP contribution in [0.4, 0.5) is 10.1 Å². The number of halogens is 1. The molecule has 0 saturated heterocycles. The molecule has 0 fully saturated rings. The van der Waals surface area contributed by atoms with Gasteiger partial charge in [-0.25, -0.2) is 4.39 Å². The second-order valence-corrected chi connectivity index (χ2v) is 12.0. The van der Waals surface area contributed by atoms with Gasteiger partial charge >= 0.3 is 0 Å². The minimum absolute atomic E-state index is 0.132. The Hall–Kier alpha value is -3.57. The van der Waals surface area contributed by atoms with Gasteiger partial charge < -0.3 is 5.32 Å². The van der Waals surface area contributed by atoms with Crippen LogP contribution in [0.15, 0.2) is 95.8 Å². The van der Waals surface area contributed by atoms with Gasteiger partial charge in [-0.15, -0.1) is 6.58 Å². The summed E-state index contributed by atoms with van der Waals surface area (Å²) in [5, 5.41) is 3.13. The highest BCUT2D eigenvalue weighted by Crippen LogP contribution is 2.16. The molecule has 2 rings (SSSR count). The number of carbonyl (C=O) groups excluding carboxylic acids is 1. The number of hydrogen-bond acceptors (Lipinski definition) is 4. The van der Waals surface area contributed by atoms with Crippen LogP contribution in [0.1, 0.15) is 116 Å². The van der Waals surface area contributed by atoms with E-state index in [-0.39, 0.29) is 11.6 Å². The van der Waals surface area contributed by atoms with Gasteiger partial charge in [-0.1, -0.05) is 82.2 Å². The molecule has 0 aliphatic carbocycles. The van der Waals surface area contributed by atoms with Crippen molar-refractivity contribution in [1.29, 1.82) is 0 Å². The zero-order valence-electron chi connectivity index (χ0n) is 31.2. The maximum absolute atomic E-state index is 12.9. The number of carbonyl (C=O) groups is 1. The molecular formula is C41H64FN3O. The van der Waals surface area contributed by atoms with E-state index in [1.165, 1.54) is 48.6 Å². The average Bonchev–Trinajstić information content (AvgIpc) is 2.98. The second kappa shape index (κ2) is 26.6. The van der Waals surface area contributed by atoms with E-state index >= 15 is 0 Å². The predicted octanol–water partition coefficient (Wildman–Crippen LogP) is 11.9. The fourth-order valence-corrected chi connectivity index (χ4v) is 4.26. The number of rotatable bonds is 13. The van der Waals surface area contributed by atoms with Crippen LogP contribution in [-0.4, -0.2) is 36.0 Å². The molecule has 0 amide bonds. The Kier molecular flexibility index (Phi) is 25.8. The number of nitrogens with zero attached hydrogens (tertiary/aromatic N) is 2. The minimum atomic E-state index is -0.180. The van der Waals surface area contributed by atoms with E-state index in [4.69, 9.17) is 0 Å². The van der Waals surface area contributed by atoms with Crippen LogP contribution < -0.4 is 5.32 Å². The Bertz CT molecular complexity index is 1240. The zero-order valence-corrected chi connectivity index (χ0v) is 31.2. The van der Waals surface area contributed by atoms with Crippen LogP contribution >= 0.6 is 0 Å². The smallest absolute Gasteiger partial charge is 0.159 e. The van der Waals surface area contributed by atoms with Gasteiger partial charge in [-0.3, -0.25) is 14.7 Å². The van der Waals surface area contributed by atoms with Gasteiger partial charge in [0.2, 0.25) is 0 Å². The number of nitrogens with one attached hydrogen (secondary N) is 1. The topological polar surface area (TPSA) is 44.7 Å². The summed E-state index contributed by atoms with van der Waals surface area (Å²) in [4.78, 5) is 17.9. The highest BCUT2D eigenvalue weighted by Gasteiger charge is 2.13. The molecule has 4 nitrogen and oxygen atoms in total. The van der Waals surface area contributed by atoms with Crippen LogP contribution in [0.2, 0.25) is 0 Å². The van der Waals surface area contributed by atoms with Gasteiger partial charge in [-0.05, 0) is 117 Å². The SMILES string of the molecule is C/C=C(/CN(C)C(CCC)CCC)N=C(C)C.C=C(C)C.C=C/C=C(\C)Nc1ccc(F)c(C)c1.CCc1ccc(C(C)=O)cc1. The van der Waals surface area contributed by atoms with Gasteiger partial charge in [0.05, 0.1) is 5.70 Å². The lowest BCUT2D eigenvalue weighted by molar-refractivity contribution is 0.101. The molecule has 0 unspecified atom stereocenters. The van der Waals surface area contributed by atoms with Gasteiger partial charge in [-0.2, -0.15) is 0 Å². The summed E-state index contributed by atoms with van der Waals surface area (Å²) in [5.41, 5.74) is 8.06. The van der Waals surface area contributed by atoms with Gasteiger partial charge in [0.25, 0.3) is 0 Å². The third kappa shape index (κ3) is 22.9. The molecule has 1 N–H and O–H groups in total. The van der Waals surface area contributed by atoms with E-state index in [1.54, 1.807) is 32.1 Å². The molecule has 0 spiro atoms. The maximum atomic E-state index is 12.9. The highest BCUT2D eigenvalue weighted by atomic mass is 19.1. The Morgan fingerprint density at radius 2 is 1.52 bits per heavy atom. The first-order valence-electron chi connectivity index (χ1n) is 16.6. The number of Topliss-reactive ketones (excluding diaryl/α,β-unsaturated/α-hetero) is 1. The molecule has 0 aromatic heterocycles. The van der Waals surface area contributed by atoms with Crippen molar-refractivity contribution < 1.29 is 9.18 Å². The summed E-state index contributed by atoms with van der Waals surface area (Å²) in [7, 11) is 2.22. The molecule has 0 atom stereocenters. The van der Waals surface area contributed by atoms with Crippen molar-refractivity contribution in [3.63, 3.8) is 0 Å². The predicted molar refractivity (Wildman–Crippen MR) is 204 cm³/mol. The highest BCUT2D eigenvalue weighted by molar-refractivity contribution is 5.94. The third-order valence-electron chi connectivity index (χ3n) is 6.61. The first-order valence-corrected chi connectivity index (χ1v) is 16.6. The Labute approximate surface area is 282 Å². The minimum Gasteiger partial charge on any atom is -0.359 e. The number of benzene rings is 2. The molecule has 256 valence electrons. The van der Waals surface area contributed by atoms with Crippen LogP contribution in [-0.2, 0) is 6.42 Å². The number of ketones is 1. The molecule has 2 aromatic carbocycles. The Morgan fingerprint density at radius 3 is 1.91 bits per heavy atom. The zero-order chi connectivity index (χ0) is 35.7. The monoisotopic (exact) mass is 634 g/mol. The number of aliphatic imine (C=N–C) groups is 1. The van der Waals surface area contributed by atoms with Crippen molar-refractivity contribution in [3.8, 4) is 0 Å². The molecule has 0 aliphatic rings. The molecule has 2 aromatic rings. The van der Waals surface area contributed by atoms with Crippen molar-refractivity contribution in [2.45, 2.75) is 114 Å². The number of allylic oxidation sites excluding steroid dienone is 5. The fourth-order valence-electron chi connectivity index (χ4n) is 4.26. The van der Waals surface area contributed by atoms with Gasteiger partial charge in [0, 0.05) is 35.2 Å². The van der Waals surface area contributed by atoms with Gasteiger partial charge in [0.15, 0.2) is 5.78 Å². The molecule has 5 heteroatoms. The summed E-state index contributed by atoms with van der Waals surface area (Å²) in [6.07, 6.45) is 11.8. The fraction of sp³-hybridized carbons (Fsp3) is 0.463. The van der Waals surface area contributed by atoms with E-state index in [9.17, 15) is 9.18 Å². The summed E-state index contributed by atoms with van der Waals surface area (Å²) >= 11 is 0. The number of hydrogen-bond donors (Lipinski definition) is 1. The van der Waals surface area contributed by atoms with Gasteiger partial charge in [0.1, 0.15) is 5.82 Å². The molecule has 0 aliphatic heterocycles. The molecule has 0 radical (unpaired) electrons. The van der Waals surface area contributed by atoms with Crippen molar-refractivity contribution in [2.75, 3.05) is 18.9 Å². The molecule has 0 heterocycles. The maximum Gasteiger partial charge on any atom is 0.159 e. The van der Waals surface area contributed by atoms with Crippen LogP contribution in [0.25, 0.3) is 0 Å². The van der Waals surface area contributed by atoms with Crippen molar-refractivity contribution in [1.82, 2.24) is 4.90 Å². The van der Waals surface area contributed by atoms with E-state index in [2.05, 4.69) is 83.0 Å². The molecule has 0 bridgehead atoms. The lowest BCUT2D eigenvalue weighted by Gasteiger charge is -2.27. The van der Waals surface area contributed by atoms with Crippen LogP contribution in [0.5, 0.6) is 0 Å². The second-order valence-electron chi connectivity index (χ2n) is 12.0. The largest absolute Gasteiger partial charge is 0.359 e. The van der Waals surface area contributed by atoms with Crippen molar-refractivity contribution >= 4 is 17.2 Å². The normalized spacial score (nSPS) is 10.8. The quantitative estimate of drug-likeness (QED) is 0.103. The lowest BCUT2D eigenvalue weighted by atomic mass is 10.1. The van der Waals surface area contributed by atoms with Crippen LogP contribution in [0, 0.1) is 12.7 Å². The summed E-state index contributed by atoms with van der Waals surface area (Å²) < 4.78 is 12.9. The molecule has 0 saturated carbocycles. The molecule has 46 heavy (non-hydrogen) atoms. The molecular weight excluding hydrogens is 569 g/mol. The Morgan fingerprint density at radius 1 is 0.978 bits per heavy atom. The summed E-state index contributed by atoms with van der Waals surface area (Å²) in [6.45, 7) is 30.1. The first-order chi connectivity index (χ1) is 21.6. The van der Waals surface area contributed by atoms with E-state index in [0.717, 1.165) is 35.6 Å². The van der Waals surface area contributed by atoms with Crippen molar-refractivity contribution in [2.24, 2.45) is 4.99 Å². The van der Waals surface area contributed by atoms with E-state index in [1.807, 2.05) is 51.1 Å². The standard InChI is InChI=1S/C15H30N2.C12H14FN.C10H12O.C4H8/c1-7-10-15(11-8-2)17(6)12-14(9-3)16-13(4)5;1-4-5-10(3)14-11-6-7-12(13)9(2)8-11;1-3-9-4-6-10(7-5-9)8(2)11;1-4(2)3/h9,15H,7-8,10-12H2,1-6H3;4-8,14H,1H2,2-3H3;4-7H,3H2,1-2H3;1H2,2-3H3/b14-9-;10-5+;;. The van der Waals surface area contributed by atoms with E-state index < -0.39 is 0 Å². The average molecular weight is 634 g/mol. The van der Waals surface area contributed by atoms with Crippen LogP contribution in [0.3, 0.4) is 0 Å². The number of aryl methyl sites for hydroxylation is 2. The number of likely N-dealkylation sites (N-methyl/N-ethyl adjacent to an activating group) is 1. The number of anilines is 1. The van der Waals surface area contributed by atoms with Crippen molar-refractivity contribution in [3.05, 3.63) is 113 Å².